The average molecular weight is 315 g/mol. The molecule has 2 aromatic carbocycles. The molecule has 0 aromatic heterocycles. The quantitative estimate of drug-likeness (QED) is 0.844. The first-order chi connectivity index (χ1) is 11.2. The third-order valence-electron chi connectivity index (χ3n) is 4.00. The van der Waals surface area contributed by atoms with E-state index in [1.165, 1.54) is 17.7 Å². The summed E-state index contributed by atoms with van der Waals surface area (Å²) in [4.78, 5) is 2.32. The highest BCUT2D eigenvalue weighted by atomic mass is 19.1. The van der Waals surface area contributed by atoms with E-state index in [4.69, 9.17) is 9.47 Å². The second kappa shape index (κ2) is 7.57. The molecule has 0 amide bonds. The molecular formula is C19H22FNO2. The van der Waals surface area contributed by atoms with E-state index in [9.17, 15) is 4.39 Å². The summed E-state index contributed by atoms with van der Waals surface area (Å²) in [7, 11) is 0. The predicted octanol–water partition coefficient (Wildman–Crippen LogP) is 3.41. The summed E-state index contributed by atoms with van der Waals surface area (Å²) < 4.78 is 24.6. The first kappa shape index (κ1) is 16.0. The average Bonchev–Trinajstić information content (AvgIpc) is 2.57. The molecule has 0 saturated carbocycles. The molecule has 1 fully saturated rings. The lowest BCUT2D eigenvalue weighted by atomic mass is 10.2. The Labute approximate surface area is 136 Å². The molecule has 1 saturated heterocycles. The number of nitrogens with zero attached hydrogens (tertiary/aromatic N) is 1. The Morgan fingerprint density at radius 3 is 2.61 bits per heavy atom. The van der Waals surface area contributed by atoms with Crippen molar-refractivity contribution in [2.45, 2.75) is 19.6 Å². The number of ether oxygens (including phenoxy) is 2. The topological polar surface area (TPSA) is 21.7 Å². The summed E-state index contributed by atoms with van der Waals surface area (Å²) >= 11 is 0. The van der Waals surface area contributed by atoms with Crippen LogP contribution in [0.15, 0.2) is 48.5 Å². The van der Waals surface area contributed by atoms with Gasteiger partial charge >= 0.3 is 0 Å². The molecule has 0 N–H and O–H groups in total. The zero-order chi connectivity index (χ0) is 16.1. The summed E-state index contributed by atoms with van der Waals surface area (Å²) in [5.41, 5.74) is 2.34. The summed E-state index contributed by atoms with van der Waals surface area (Å²) in [6, 6.07) is 14.7. The molecule has 1 aliphatic rings. The molecule has 1 heterocycles. The fraction of sp³-hybridized carbons (Fsp3) is 0.368. The fourth-order valence-corrected chi connectivity index (χ4v) is 2.70. The van der Waals surface area contributed by atoms with Gasteiger partial charge in [0.05, 0.1) is 6.61 Å². The Balaban J connectivity index is 1.49. The van der Waals surface area contributed by atoms with E-state index in [0.29, 0.717) is 13.2 Å². The van der Waals surface area contributed by atoms with Crippen LogP contribution in [0.5, 0.6) is 5.75 Å². The molecule has 122 valence electrons. The van der Waals surface area contributed by atoms with Crippen LogP contribution in [0, 0.1) is 12.7 Å². The Morgan fingerprint density at radius 2 is 1.87 bits per heavy atom. The lowest BCUT2D eigenvalue weighted by molar-refractivity contribution is -0.0504. The fourth-order valence-electron chi connectivity index (χ4n) is 2.70. The lowest BCUT2D eigenvalue weighted by Crippen LogP contribution is -2.44. The largest absolute Gasteiger partial charge is 0.491 e. The lowest BCUT2D eigenvalue weighted by Gasteiger charge is -2.32. The first-order valence-corrected chi connectivity index (χ1v) is 7.97. The van der Waals surface area contributed by atoms with Gasteiger partial charge in [0, 0.05) is 19.6 Å². The summed E-state index contributed by atoms with van der Waals surface area (Å²) in [6.45, 7) is 5.82. The molecule has 3 nitrogen and oxygen atoms in total. The van der Waals surface area contributed by atoms with Gasteiger partial charge in [-0.1, -0.05) is 29.8 Å². The van der Waals surface area contributed by atoms with Crippen LogP contribution in [-0.2, 0) is 11.3 Å². The Hall–Kier alpha value is -1.91. The molecule has 0 spiro atoms. The molecular weight excluding hydrogens is 293 g/mol. The van der Waals surface area contributed by atoms with Crippen LogP contribution < -0.4 is 4.74 Å². The molecule has 3 rings (SSSR count). The minimum absolute atomic E-state index is 0.0606. The van der Waals surface area contributed by atoms with Crippen molar-refractivity contribution in [3.63, 3.8) is 0 Å². The van der Waals surface area contributed by atoms with Crippen LogP contribution in [-0.4, -0.2) is 37.3 Å². The predicted molar refractivity (Wildman–Crippen MR) is 88.1 cm³/mol. The highest BCUT2D eigenvalue weighted by molar-refractivity contribution is 5.26. The maximum Gasteiger partial charge on any atom is 0.123 e. The third kappa shape index (κ3) is 4.78. The Bertz CT molecular complexity index is 612. The number of benzene rings is 2. The highest BCUT2D eigenvalue weighted by Crippen LogP contribution is 2.15. The van der Waals surface area contributed by atoms with Crippen molar-refractivity contribution < 1.29 is 13.9 Å². The van der Waals surface area contributed by atoms with E-state index in [2.05, 4.69) is 11.8 Å². The molecule has 4 heteroatoms. The first-order valence-electron chi connectivity index (χ1n) is 7.97. The molecule has 2 aromatic rings. The van der Waals surface area contributed by atoms with Gasteiger partial charge in [0.15, 0.2) is 0 Å². The second-order valence-corrected chi connectivity index (χ2v) is 5.98. The second-order valence-electron chi connectivity index (χ2n) is 5.98. The third-order valence-corrected chi connectivity index (χ3v) is 4.00. The number of hydrogen-bond acceptors (Lipinski definition) is 3. The van der Waals surface area contributed by atoms with Crippen LogP contribution in [0.1, 0.15) is 11.1 Å². The zero-order valence-electron chi connectivity index (χ0n) is 13.4. The van der Waals surface area contributed by atoms with Crippen molar-refractivity contribution in [1.29, 1.82) is 0 Å². The standard InChI is InChI=1S/C19H22FNO2/c1-15-2-8-18(9-3-15)23-14-19-13-21(10-11-22-19)12-16-4-6-17(20)7-5-16/h2-9,19H,10-14H2,1H3. The van der Waals surface area contributed by atoms with Crippen molar-refractivity contribution in [1.82, 2.24) is 4.90 Å². The van der Waals surface area contributed by atoms with Crippen molar-refractivity contribution in [3.8, 4) is 5.75 Å². The summed E-state index contributed by atoms with van der Waals surface area (Å²) in [5.74, 6) is 0.676. The van der Waals surface area contributed by atoms with Crippen LogP contribution in [0.3, 0.4) is 0 Å². The van der Waals surface area contributed by atoms with Gasteiger partial charge in [0.1, 0.15) is 24.3 Å². The molecule has 1 unspecified atom stereocenters. The smallest absolute Gasteiger partial charge is 0.123 e. The number of halogens is 1. The number of hydrogen-bond donors (Lipinski definition) is 0. The summed E-state index contributed by atoms with van der Waals surface area (Å²) in [6.07, 6.45) is 0.0606. The maximum absolute atomic E-state index is 13.0. The summed E-state index contributed by atoms with van der Waals surface area (Å²) in [5, 5.41) is 0. The molecule has 0 radical (unpaired) electrons. The van der Waals surface area contributed by atoms with Gasteiger partial charge in [-0.25, -0.2) is 4.39 Å². The van der Waals surface area contributed by atoms with E-state index in [1.54, 1.807) is 0 Å². The molecule has 0 aliphatic carbocycles. The van der Waals surface area contributed by atoms with Gasteiger partial charge in [-0.2, -0.15) is 0 Å². The van der Waals surface area contributed by atoms with Gasteiger partial charge in [-0.3, -0.25) is 4.90 Å². The van der Waals surface area contributed by atoms with E-state index in [1.807, 2.05) is 36.4 Å². The van der Waals surface area contributed by atoms with Crippen LogP contribution >= 0.6 is 0 Å². The van der Waals surface area contributed by atoms with Crippen molar-refractivity contribution >= 4 is 0 Å². The number of morpholine rings is 1. The number of aryl methyl sites for hydroxylation is 1. The Morgan fingerprint density at radius 1 is 1.13 bits per heavy atom. The van der Waals surface area contributed by atoms with E-state index < -0.39 is 0 Å². The van der Waals surface area contributed by atoms with Crippen molar-refractivity contribution in [2.24, 2.45) is 0 Å². The minimum atomic E-state index is -0.194. The van der Waals surface area contributed by atoms with Crippen LogP contribution in [0.2, 0.25) is 0 Å². The molecule has 1 aliphatic heterocycles. The van der Waals surface area contributed by atoms with Gasteiger partial charge in [-0.15, -0.1) is 0 Å². The van der Waals surface area contributed by atoms with Crippen LogP contribution in [0.25, 0.3) is 0 Å². The van der Waals surface area contributed by atoms with Crippen LogP contribution in [0.4, 0.5) is 4.39 Å². The molecule has 23 heavy (non-hydrogen) atoms. The van der Waals surface area contributed by atoms with E-state index >= 15 is 0 Å². The van der Waals surface area contributed by atoms with E-state index in [0.717, 1.165) is 30.9 Å². The minimum Gasteiger partial charge on any atom is -0.491 e. The monoisotopic (exact) mass is 315 g/mol. The van der Waals surface area contributed by atoms with Gasteiger partial charge in [-0.05, 0) is 36.8 Å². The molecule has 1 atom stereocenters. The SMILES string of the molecule is Cc1ccc(OCC2CN(Cc3ccc(F)cc3)CCO2)cc1. The Kier molecular flexibility index (Phi) is 5.26. The van der Waals surface area contributed by atoms with Crippen molar-refractivity contribution in [3.05, 3.63) is 65.5 Å². The molecule has 0 bridgehead atoms. The zero-order valence-corrected chi connectivity index (χ0v) is 13.4. The van der Waals surface area contributed by atoms with Gasteiger partial charge in [0.2, 0.25) is 0 Å². The highest BCUT2D eigenvalue weighted by Gasteiger charge is 2.21. The van der Waals surface area contributed by atoms with Gasteiger partial charge in [0.25, 0.3) is 0 Å². The van der Waals surface area contributed by atoms with E-state index in [-0.39, 0.29) is 11.9 Å². The van der Waals surface area contributed by atoms with Crippen molar-refractivity contribution in [2.75, 3.05) is 26.3 Å². The maximum atomic E-state index is 13.0. The number of rotatable bonds is 5. The normalized spacial score (nSPS) is 18.8. The van der Waals surface area contributed by atoms with Gasteiger partial charge < -0.3 is 9.47 Å².